The highest BCUT2D eigenvalue weighted by Gasteiger charge is 2.52. The molecule has 0 aliphatic heterocycles. The SMILES string of the molecule is Cc1oncc1C(=O)ON(Cc1ccccc1)C(=O)C12CCC(CC1)C2. The van der Waals surface area contributed by atoms with Crippen molar-refractivity contribution in [2.45, 2.75) is 45.6 Å². The van der Waals surface area contributed by atoms with Crippen LogP contribution >= 0.6 is 0 Å². The summed E-state index contributed by atoms with van der Waals surface area (Å²) >= 11 is 0. The number of aromatic nitrogens is 1. The fraction of sp³-hybridized carbons (Fsp3) is 0.450. The zero-order chi connectivity index (χ0) is 18.1. The van der Waals surface area contributed by atoms with Crippen LogP contribution in [0.25, 0.3) is 0 Å². The molecule has 1 amide bonds. The quantitative estimate of drug-likeness (QED) is 0.784. The fourth-order valence-corrected chi connectivity index (χ4v) is 4.30. The lowest BCUT2D eigenvalue weighted by Crippen LogP contribution is -2.42. The first-order valence-corrected chi connectivity index (χ1v) is 9.07. The summed E-state index contributed by atoms with van der Waals surface area (Å²) < 4.78 is 4.94. The standard InChI is InChI=1S/C20H22N2O4/c1-14-17(12-21-25-14)18(23)26-22(13-16-5-3-2-4-6-16)19(24)20-9-7-15(11-20)8-10-20/h2-6,12,15H,7-11,13H2,1H3. The smallest absolute Gasteiger partial charge is 0.361 e. The predicted octanol–water partition coefficient (Wildman–Crippen LogP) is 3.66. The van der Waals surface area contributed by atoms with Crippen LogP contribution in [-0.2, 0) is 16.2 Å². The summed E-state index contributed by atoms with van der Waals surface area (Å²) in [6.45, 7) is 1.88. The van der Waals surface area contributed by atoms with E-state index in [9.17, 15) is 9.59 Å². The van der Waals surface area contributed by atoms with Gasteiger partial charge >= 0.3 is 5.97 Å². The number of hydrogen-bond donors (Lipinski definition) is 0. The number of rotatable bonds is 4. The summed E-state index contributed by atoms with van der Waals surface area (Å²) in [5.74, 6) is 0.316. The lowest BCUT2D eigenvalue weighted by Gasteiger charge is -2.31. The Hall–Kier alpha value is -2.63. The van der Waals surface area contributed by atoms with Crippen LogP contribution < -0.4 is 0 Å². The minimum Gasteiger partial charge on any atom is -0.361 e. The Morgan fingerprint density at radius 1 is 1.27 bits per heavy atom. The third-order valence-electron chi connectivity index (χ3n) is 5.75. The number of carbonyl (C=O) groups excluding carboxylic acids is 2. The van der Waals surface area contributed by atoms with Crippen LogP contribution in [-0.4, -0.2) is 22.1 Å². The van der Waals surface area contributed by atoms with Gasteiger partial charge in [0.15, 0.2) is 0 Å². The topological polar surface area (TPSA) is 72.6 Å². The molecule has 2 aliphatic rings. The average molecular weight is 354 g/mol. The monoisotopic (exact) mass is 354 g/mol. The lowest BCUT2D eigenvalue weighted by atomic mass is 9.83. The number of fused-ring (bicyclic) bond motifs is 2. The molecule has 2 aliphatic carbocycles. The number of hydrogen-bond acceptors (Lipinski definition) is 5. The zero-order valence-electron chi connectivity index (χ0n) is 14.8. The molecule has 0 spiro atoms. The van der Waals surface area contributed by atoms with Crippen LogP contribution in [0, 0.1) is 18.3 Å². The van der Waals surface area contributed by atoms with Gasteiger partial charge in [0, 0.05) is 0 Å². The maximum atomic E-state index is 13.3. The highest BCUT2D eigenvalue weighted by Crippen LogP contribution is 2.55. The van der Waals surface area contributed by atoms with E-state index in [1.54, 1.807) is 6.92 Å². The molecule has 0 unspecified atom stereocenters. The molecular weight excluding hydrogens is 332 g/mol. The Kier molecular flexibility index (Phi) is 4.26. The third-order valence-corrected chi connectivity index (χ3v) is 5.75. The predicted molar refractivity (Wildman–Crippen MR) is 92.7 cm³/mol. The molecule has 4 rings (SSSR count). The molecule has 26 heavy (non-hydrogen) atoms. The molecule has 1 heterocycles. The van der Waals surface area contributed by atoms with E-state index in [0.29, 0.717) is 11.7 Å². The van der Waals surface area contributed by atoms with Crippen molar-refractivity contribution in [3.05, 3.63) is 53.4 Å². The Labute approximate surface area is 152 Å². The third kappa shape index (κ3) is 3.00. The van der Waals surface area contributed by atoms with Crippen molar-refractivity contribution in [3.63, 3.8) is 0 Å². The number of benzene rings is 1. The molecule has 2 aromatic rings. The van der Waals surface area contributed by atoms with Crippen molar-refractivity contribution in [1.29, 1.82) is 0 Å². The Morgan fingerprint density at radius 3 is 2.58 bits per heavy atom. The van der Waals surface area contributed by atoms with Crippen LogP contribution in [0.15, 0.2) is 41.1 Å². The molecule has 6 nitrogen and oxygen atoms in total. The van der Waals surface area contributed by atoms with Crippen LogP contribution in [0.2, 0.25) is 0 Å². The zero-order valence-corrected chi connectivity index (χ0v) is 14.8. The number of aryl methyl sites for hydroxylation is 1. The van der Waals surface area contributed by atoms with Crippen molar-refractivity contribution in [1.82, 2.24) is 10.2 Å². The molecule has 6 heteroatoms. The van der Waals surface area contributed by atoms with Crippen molar-refractivity contribution >= 4 is 11.9 Å². The maximum Gasteiger partial charge on any atom is 0.368 e. The average Bonchev–Trinajstić information content (AvgIpc) is 3.37. The molecule has 136 valence electrons. The molecule has 1 aromatic heterocycles. The van der Waals surface area contributed by atoms with Crippen LogP contribution in [0.1, 0.15) is 53.8 Å². The summed E-state index contributed by atoms with van der Waals surface area (Å²) in [6, 6.07) is 9.57. The first-order chi connectivity index (χ1) is 12.6. The van der Waals surface area contributed by atoms with Crippen molar-refractivity contribution < 1.29 is 18.9 Å². The molecule has 0 radical (unpaired) electrons. The van der Waals surface area contributed by atoms with E-state index in [2.05, 4.69) is 5.16 Å². The minimum atomic E-state index is -0.614. The molecule has 0 atom stereocenters. The van der Waals surface area contributed by atoms with Crippen molar-refractivity contribution in [3.8, 4) is 0 Å². The first kappa shape index (κ1) is 16.8. The normalized spacial score (nSPS) is 23.8. The van der Waals surface area contributed by atoms with Gasteiger partial charge in [-0.25, -0.2) is 4.79 Å². The Bertz CT molecular complexity index is 806. The van der Waals surface area contributed by atoms with E-state index in [1.807, 2.05) is 30.3 Å². The van der Waals surface area contributed by atoms with Gasteiger partial charge in [0.2, 0.25) is 0 Å². The second-order valence-corrected chi connectivity index (χ2v) is 7.43. The fourth-order valence-electron chi connectivity index (χ4n) is 4.30. The van der Waals surface area contributed by atoms with E-state index < -0.39 is 5.97 Å². The van der Waals surface area contributed by atoms with Crippen molar-refractivity contribution in [2.75, 3.05) is 0 Å². The van der Waals surface area contributed by atoms with Gasteiger partial charge in [-0.2, -0.15) is 5.06 Å². The van der Waals surface area contributed by atoms with Gasteiger partial charge < -0.3 is 9.36 Å². The van der Waals surface area contributed by atoms with Gasteiger partial charge in [-0.15, -0.1) is 0 Å². The lowest BCUT2D eigenvalue weighted by molar-refractivity contribution is -0.181. The van der Waals surface area contributed by atoms with E-state index in [0.717, 1.165) is 37.7 Å². The van der Waals surface area contributed by atoms with Crippen molar-refractivity contribution in [2.24, 2.45) is 11.3 Å². The highest BCUT2D eigenvalue weighted by atomic mass is 16.7. The van der Waals surface area contributed by atoms with Gasteiger partial charge in [-0.05, 0) is 50.5 Å². The van der Waals surface area contributed by atoms with E-state index in [4.69, 9.17) is 9.36 Å². The largest absolute Gasteiger partial charge is 0.368 e. The first-order valence-electron chi connectivity index (χ1n) is 9.07. The van der Waals surface area contributed by atoms with E-state index in [1.165, 1.54) is 11.3 Å². The second kappa shape index (κ2) is 6.59. The number of hydroxylamine groups is 2. The maximum absolute atomic E-state index is 13.3. The summed E-state index contributed by atoms with van der Waals surface area (Å²) in [4.78, 5) is 31.4. The van der Waals surface area contributed by atoms with Crippen LogP contribution in [0.3, 0.4) is 0 Å². The highest BCUT2D eigenvalue weighted by molar-refractivity contribution is 5.91. The molecule has 2 bridgehead atoms. The van der Waals surface area contributed by atoms with Gasteiger partial charge in [-0.1, -0.05) is 35.5 Å². The number of nitrogens with zero attached hydrogens (tertiary/aromatic N) is 2. The van der Waals surface area contributed by atoms with Gasteiger partial charge in [-0.3, -0.25) is 4.79 Å². The van der Waals surface area contributed by atoms with Gasteiger partial charge in [0.25, 0.3) is 5.91 Å². The van der Waals surface area contributed by atoms with Gasteiger partial charge in [0.05, 0.1) is 18.2 Å². The van der Waals surface area contributed by atoms with Crippen LogP contribution in [0.5, 0.6) is 0 Å². The Balaban J connectivity index is 1.58. The molecule has 2 saturated carbocycles. The number of amides is 1. The molecule has 2 fully saturated rings. The summed E-state index contributed by atoms with van der Waals surface area (Å²) in [5.41, 5.74) is 0.785. The summed E-state index contributed by atoms with van der Waals surface area (Å²) in [6.07, 6.45) is 6.16. The minimum absolute atomic E-state index is 0.0798. The van der Waals surface area contributed by atoms with E-state index in [-0.39, 0.29) is 23.4 Å². The van der Waals surface area contributed by atoms with Gasteiger partial charge in [0.1, 0.15) is 11.3 Å². The Morgan fingerprint density at radius 2 is 2.00 bits per heavy atom. The molecular formula is C20H22N2O4. The second-order valence-electron chi connectivity index (χ2n) is 7.43. The number of carbonyl (C=O) groups is 2. The van der Waals surface area contributed by atoms with E-state index >= 15 is 0 Å². The summed E-state index contributed by atoms with van der Waals surface area (Å²) in [7, 11) is 0. The molecule has 0 N–H and O–H groups in total. The summed E-state index contributed by atoms with van der Waals surface area (Å²) in [5, 5.41) is 4.86. The molecule has 0 saturated heterocycles. The molecule has 1 aromatic carbocycles. The van der Waals surface area contributed by atoms with Crippen LogP contribution in [0.4, 0.5) is 0 Å².